The van der Waals surface area contributed by atoms with Gasteiger partial charge in [-0.2, -0.15) is 5.26 Å². The lowest BCUT2D eigenvalue weighted by atomic mass is 10.00. The largest absolute Gasteiger partial charge is 0.488 e. The van der Waals surface area contributed by atoms with Crippen molar-refractivity contribution in [2.75, 3.05) is 26.2 Å². The summed E-state index contributed by atoms with van der Waals surface area (Å²) >= 11 is 0. The number of carbonyl (C=O) groups excluding carboxylic acids is 1. The SMILES string of the molecule is N#Cc1ccccc1OC1CCN(CCCCN2C(=O)C3CC=CC=C3S2(=O)=O)C1. The average Bonchev–Trinajstić information content (AvgIpc) is 3.27. The number of hydrogen-bond acceptors (Lipinski definition) is 6. The summed E-state index contributed by atoms with van der Waals surface area (Å²) in [6.45, 7) is 2.75. The molecule has 0 saturated carbocycles. The van der Waals surface area contributed by atoms with E-state index in [2.05, 4.69) is 11.0 Å². The first-order chi connectivity index (χ1) is 14.5. The van der Waals surface area contributed by atoms with Crippen LogP contribution in [0.4, 0.5) is 0 Å². The van der Waals surface area contributed by atoms with Crippen LogP contribution in [0.2, 0.25) is 0 Å². The average molecular weight is 428 g/mol. The highest BCUT2D eigenvalue weighted by atomic mass is 32.2. The lowest BCUT2D eigenvalue weighted by Crippen LogP contribution is -2.32. The smallest absolute Gasteiger partial charge is 0.263 e. The summed E-state index contributed by atoms with van der Waals surface area (Å²) in [6.07, 6.45) is 7.94. The molecule has 1 amide bonds. The Bertz CT molecular complexity index is 1030. The summed E-state index contributed by atoms with van der Waals surface area (Å²) in [5.74, 6) is -0.209. The molecular weight excluding hydrogens is 402 g/mol. The molecule has 0 aromatic heterocycles. The summed E-state index contributed by atoms with van der Waals surface area (Å²) in [4.78, 5) is 15.0. The molecule has 2 fully saturated rings. The molecule has 7 nitrogen and oxygen atoms in total. The van der Waals surface area contributed by atoms with Gasteiger partial charge in [0, 0.05) is 19.6 Å². The van der Waals surface area contributed by atoms with Crippen LogP contribution >= 0.6 is 0 Å². The van der Waals surface area contributed by atoms with E-state index in [1.165, 1.54) is 0 Å². The number of carbonyl (C=O) groups is 1. The van der Waals surface area contributed by atoms with Gasteiger partial charge < -0.3 is 4.74 Å². The Morgan fingerprint density at radius 3 is 2.80 bits per heavy atom. The molecule has 1 aromatic carbocycles. The number of nitrogens with zero attached hydrogens (tertiary/aromatic N) is 3. The topological polar surface area (TPSA) is 90.7 Å². The number of hydrogen-bond donors (Lipinski definition) is 0. The van der Waals surface area contributed by atoms with E-state index in [1.54, 1.807) is 18.2 Å². The lowest BCUT2D eigenvalue weighted by Gasteiger charge is -2.18. The number of unbranched alkanes of at least 4 members (excludes halogenated alkanes) is 1. The summed E-state index contributed by atoms with van der Waals surface area (Å²) in [5, 5.41) is 9.18. The maximum Gasteiger partial charge on any atom is 0.263 e. The van der Waals surface area contributed by atoms with Crippen molar-refractivity contribution in [2.24, 2.45) is 5.92 Å². The number of nitriles is 1. The number of benzene rings is 1. The van der Waals surface area contributed by atoms with Crippen molar-refractivity contribution in [3.8, 4) is 11.8 Å². The molecule has 0 bridgehead atoms. The second-order valence-corrected chi connectivity index (χ2v) is 9.71. The van der Waals surface area contributed by atoms with Crippen molar-refractivity contribution in [1.82, 2.24) is 9.21 Å². The van der Waals surface area contributed by atoms with E-state index in [1.807, 2.05) is 24.3 Å². The molecule has 30 heavy (non-hydrogen) atoms. The number of fused-ring (bicyclic) bond motifs is 1. The fourth-order valence-corrected chi connectivity index (χ4v) is 6.07. The standard InChI is InChI=1S/C22H25N3O4S/c23-15-17-7-1-3-9-20(17)29-18-11-14-24(16-18)12-5-6-13-25-22(26)19-8-2-4-10-21(19)30(25,27)28/h1-4,7,9-10,18-19H,5-6,8,11-14,16H2. The zero-order valence-electron chi connectivity index (χ0n) is 16.7. The Morgan fingerprint density at radius 1 is 1.20 bits per heavy atom. The van der Waals surface area contributed by atoms with Gasteiger partial charge in [0.2, 0.25) is 5.91 Å². The summed E-state index contributed by atoms with van der Waals surface area (Å²) in [7, 11) is -3.65. The third-order valence-corrected chi connectivity index (χ3v) is 7.82. The first kappa shape index (κ1) is 20.6. The van der Waals surface area contributed by atoms with E-state index in [9.17, 15) is 18.5 Å². The maximum absolute atomic E-state index is 12.6. The second-order valence-electron chi connectivity index (χ2n) is 7.85. The third-order valence-electron chi connectivity index (χ3n) is 5.86. The Labute approximate surface area is 177 Å². The van der Waals surface area contributed by atoms with Gasteiger partial charge in [-0.15, -0.1) is 0 Å². The molecule has 2 heterocycles. The van der Waals surface area contributed by atoms with Gasteiger partial charge in [0.1, 0.15) is 17.9 Å². The fourth-order valence-electron chi connectivity index (χ4n) is 4.28. The van der Waals surface area contributed by atoms with Gasteiger partial charge in [0.15, 0.2) is 0 Å². The molecular formula is C22H25N3O4S. The molecule has 2 unspecified atom stereocenters. The van der Waals surface area contributed by atoms with Gasteiger partial charge in [-0.05, 0) is 50.4 Å². The van der Waals surface area contributed by atoms with Crippen molar-refractivity contribution in [2.45, 2.75) is 31.8 Å². The zero-order valence-corrected chi connectivity index (χ0v) is 17.6. The van der Waals surface area contributed by atoms with Crippen LogP contribution in [0.25, 0.3) is 0 Å². The van der Waals surface area contributed by atoms with Crippen LogP contribution in [-0.2, 0) is 14.8 Å². The third kappa shape index (κ3) is 4.00. The Kier molecular flexibility index (Phi) is 5.93. The van der Waals surface area contributed by atoms with E-state index < -0.39 is 15.9 Å². The number of likely N-dealkylation sites (tertiary alicyclic amines) is 1. The first-order valence-electron chi connectivity index (χ1n) is 10.3. The highest BCUT2D eigenvalue weighted by molar-refractivity contribution is 7.94. The van der Waals surface area contributed by atoms with Crippen molar-refractivity contribution in [3.63, 3.8) is 0 Å². The lowest BCUT2D eigenvalue weighted by molar-refractivity contribution is -0.128. The second kappa shape index (κ2) is 8.62. The molecule has 4 rings (SSSR count). The van der Waals surface area contributed by atoms with Crippen LogP contribution in [0.3, 0.4) is 0 Å². The van der Waals surface area contributed by atoms with E-state index >= 15 is 0 Å². The van der Waals surface area contributed by atoms with Gasteiger partial charge in [-0.3, -0.25) is 9.69 Å². The fraction of sp³-hybridized carbons (Fsp3) is 0.455. The number of sulfonamides is 1. The van der Waals surface area contributed by atoms with Gasteiger partial charge in [-0.25, -0.2) is 12.7 Å². The quantitative estimate of drug-likeness (QED) is 0.621. The van der Waals surface area contributed by atoms with Crippen LogP contribution in [0.1, 0.15) is 31.2 Å². The van der Waals surface area contributed by atoms with Crippen molar-refractivity contribution in [3.05, 3.63) is 53.0 Å². The molecule has 0 spiro atoms. The minimum Gasteiger partial charge on any atom is -0.488 e. The molecule has 158 valence electrons. The van der Waals surface area contributed by atoms with E-state index in [-0.39, 0.29) is 23.5 Å². The van der Waals surface area contributed by atoms with Crippen LogP contribution in [0.15, 0.2) is 47.4 Å². The van der Waals surface area contributed by atoms with E-state index in [4.69, 9.17) is 4.74 Å². The number of para-hydroxylation sites is 1. The molecule has 8 heteroatoms. The van der Waals surface area contributed by atoms with E-state index in [0.717, 1.165) is 36.8 Å². The summed E-state index contributed by atoms with van der Waals surface area (Å²) in [6, 6.07) is 9.39. The first-order valence-corrected chi connectivity index (χ1v) is 11.8. The van der Waals surface area contributed by atoms with Crippen LogP contribution in [0, 0.1) is 17.2 Å². The Balaban J connectivity index is 1.23. The Morgan fingerprint density at radius 2 is 2.00 bits per heavy atom. The molecule has 0 N–H and O–H groups in total. The van der Waals surface area contributed by atoms with Gasteiger partial charge >= 0.3 is 0 Å². The highest BCUT2D eigenvalue weighted by Crippen LogP contribution is 2.37. The molecule has 0 radical (unpaired) electrons. The maximum atomic E-state index is 12.6. The normalized spacial score (nSPS) is 25.1. The van der Waals surface area contributed by atoms with Crippen molar-refractivity contribution < 1.29 is 17.9 Å². The molecule has 2 atom stereocenters. The summed E-state index contributed by atoms with van der Waals surface area (Å²) < 4.78 is 32.3. The number of allylic oxidation sites excluding steroid dienone is 3. The molecule has 3 aliphatic rings. The van der Waals surface area contributed by atoms with Crippen LogP contribution < -0.4 is 4.74 Å². The minimum absolute atomic E-state index is 0.0441. The van der Waals surface area contributed by atoms with Crippen molar-refractivity contribution in [1.29, 1.82) is 5.26 Å². The van der Waals surface area contributed by atoms with E-state index in [0.29, 0.717) is 24.2 Å². The van der Waals surface area contributed by atoms with Gasteiger partial charge in [-0.1, -0.05) is 24.3 Å². The predicted molar refractivity (Wildman–Crippen MR) is 112 cm³/mol. The molecule has 1 aliphatic carbocycles. The van der Waals surface area contributed by atoms with Crippen LogP contribution in [-0.4, -0.2) is 55.8 Å². The predicted octanol–water partition coefficient (Wildman–Crippen LogP) is 2.42. The van der Waals surface area contributed by atoms with Crippen molar-refractivity contribution >= 4 is 15.9 Å². The number of ether oxygens (including phenoxy) is 1. The molecule has 2 aliphatic heterocycles. The molecule has 1 aromatic rings. The minimum atomic E-state index is -3.65. The Hall–Kier alpha value is -2.63. The summed E-state index contributed by atoms with van der Waals surface area (Å²) in [5.41, 5.74) is 0.540. The zero-order chi connectivity index (χ0) is 21.1. The van der Waals surface area contributed by atoms with Gasteiger partial charge in [0.05, 0.1) is 16.4 Å². The number of rotatable bonds is 7. The van der Waals surface area contributed by atoms with Gasteiger partial charge in [0.25, 0.3) is 10.0 Å². The molecule has 2 saturated heterocycles. The number of amides is 1. The highest BCUT2D eigenvalue weighted by Gasteiger charge is 2.47. The monoisotopic (exact) mass is 427 g/mol. The van der Waals surface area contributed by atoms with Crippen LogP contribution in [0.5, 0.6) is 5.75 Å².